The number of anilines is 1. The fourth-order valence-corrected chi connectivity index (χ4v) is 5.74. The maximum atomic E-state index is 13.3. The topological polar surface area (TPSA) is 148 Å². The van der Waals surface area contributed by atoms with Gasteiger partial charge >= 0.3 is 12.1 Å². The molecule has 0 fully saturated rings. The third-order valence-electron chi connectivity index (χ3n) is 6.46. The summed E-state index contributed by atoms with van der Waals surface area (Å²) in [5.41, 5.74) is 3.03. The Morgan fingerprint density at radius 3 is 2.16 bits per heavy atom. The SMILES string of the molecule is Cc1cccc(C)c1-c1cc(CCC(CC(C)(C)C)NC(=O)OC(C)(C)C)nc(NS(=O)(=O)c2cccc(C(=O)O)c2)n1. The molecule has 0 spiro atoms. The quantitative estimate of drug-likeness (QED) is 0.235. The van der Waals surface area contributed by atoms with Gasteiger partial charge in [0.1, 0.15) is 5.60 Å². The maximum Gasteiger partial charge on any atom is 0.407 e. The van der Waals surface area contributed by atoms with Crippen LogP contribution in [-0.4, -0.2) is 47.2 Å². The highest BCUT2D eigenvalue weighted by Gasteiger charge is 2.25. The van der Waals surface area contributed by atoms with E-state index in [0.29, 0.717) is 30.7 Å². The third-order valence-corrected chi connectivity index (χ3v) is 7.79. The van der Waals surface area contributed by atoms with Gasteiger partial charge in [0, 0.05) is 17.3 Å². The third kappa shape index (κ3) is 10.1. The maximum absolute atomic E-state index is 13.3. The number of carboxylic acids is 1. The summed E-state index contributed by atoms with van der Waals surface area (Å²) in [7, 11) is -4.21. The molecule has 0 bridgehead atoms. The number of sulfonamides is 1. The number of carboxylic acid groups (broad SMARTS) is 1. The van der Waals surface area contributed by atoms with Gasteiger partial charge in [-0.15, -0.1) is 0 Å². The van der Waals surface area contributed by atoms with E-state index in [2.05, 4.69) is 40.8 Å². The number of carbonyl (C=O) groups excluding carboxylic acids is 1. The van der Waals surface area contributed by atoms with Gasteiger partial charge in [0.05, 0.1) is 16.2 Å². The average molecular weight is 611 g/mol. The first-order valence-corrected chi connectivity index (χ1v) is 15.6. The Morgan fingerprint density at radius 1 is 0.953 bits per heavy atom. The lowest BCUT2D eigenvalue weighted by atomic mass is 9.86. The van der Waals surface area contributed by atoms with Crippen LogP contribution in [0.5, 0.6) is 0 Å². The number of carbonyl (C=O) groups is 2. The number of alkyl carbamates (subject to hydrolysis) is 1. The molecule has 0 aliphatic rings. The van der Waals surface area contributed by atoms with Crippen molar-refractivity contribution in [3.05, 3.63) is 70.9 Å². The van der Waals surface area contributed by atoms with E-state index < -0.39 is 27.7 Å². The molecule has 3 aromatic rings. The fourth-order valence-electron chi connectivity index (χ4n) is 4.75. The Balaban J connectivity index is 2.00. The van der Waals surface area contributed by atoms with Crippen LogP contribution in [0.15, 0.2) is 53.4 Å². The van der Waals surface area contributed by atoms with Crippen LogP contribution in [0.4, 0.5) is 10.7 Å². The first-order chi connectivity index (χ1) is 19.8. The summed E-state index contributed by atoms with van der Waals surface area (Å²) < 4.78 is 34.5. The Kier molecular flexibility index (Phi) is 10.2. The fraction of sp³-hybridized carbons (Fsp3) is 0.438. The number of amides is 1. The minimum atomic E-state index is -4.21. The number of benzene rings is 2. The highest BCUT2D eigenvalue weighted by molar-refractivity contribution is 7.92. The molecule has 1 heterocycles. The lowest BCUT2D eigenvalue weighted by molar-refractivity contribution is 0.0489. The van der Waals surface area contributed by atoms with Crippen molar-refractivity contribution >= 4 is 28.0 Å². The molecule has 11 heteroatoms. The van der Waals surface area contributed by atoms with Crippen molar-refractivity contribution in [3.63, 3.8) is 0 Å². The summed E-state index contributed by atoms with van der Waals surface area (Å²) in [4.78, 5) is 32.9. The van der Waals surface area contributed by atoms with E-state index in [0.717, 1.165) is 22.8 Å². The molecule has 1 atom stereocenters. The molecule has 0 saturated heterocycles. The van der Waals surface area contributed by atoms with Crippen LogP contribution < -0.4 is 10.0 Å². The van der Waals surface area contributed by atoms with Gasteiger partial charge in [-0.1, -0.05) is 45.0 Å². The van der Waals surface area contributed by atoms with Gasteiger partial charge in [0.25, 0.3) is 10.0 Å². The minimum Gasteiger partial charge on any atom is -0.478 e. The van der Waals surface area contributed by atoms with E-state index in [-0.39, 0.29) is 27.9 Å². The van der Waals surface area contributed by atoms with Crippen molar-refractivity contribution in [2.45, 2.75) is 91.2 Å². The van der Waals surface area contributed by atoms with Crippen LogP contribution in [-0.2, 0) is 21.2 Å². The molecular formula is C32H42N4O6S. The largest absolute Gasteiger partial charge is 0.478 e. The smallest absolute Gasteiger partial charge is 0.407 e. The molecule has 0 radical (unpaired) electrons. The normalized spacial score (nSPS) is 12.8. The molecule has 1 amide bonds. The molecule has 0 saturated carbocycles. The molecule has 0 aliphatic heterocycles. The summed E-state index contributed by atoms with van der Waals surface area (Å²) in [6, 6.07) is 12.5. The predicted molar refractivity (Wildman–Crippen MR) is 167 cm³/mol. The second-order valence-corrected chi connectivity index (χ2v) is 14.6. The summed E-state index contributed by atoms with van der Waals surface area (Å²) >= 11 is 0. The molecule has 1 aromatic heterocycles. The number of aromatic nitrogens is 2. The highest BCUT2D eigenvalue weighted by atomic mass is 32.2. The van der Waals surface area contributed by atoms with Crippen LogP contribution in [0.25, 0.3) is 11.3 Å². The Hall–Kier alpha value is -3.99. The van der Waals surface area contributed by atoms with Crippen LogP contribution in [0.1, 0.15) is 81.6 Å². The zero-order valence-electron chi connectivity index (χ0n) is 26.1. The number of nitrogens with zero attached hydrogens (tertiary/aromatic N) is 2. The van der Waals surface area contributed by atoms with Gasteiger partial charge in [-0.25, -0.2) is 32.7 Å². The summed E-state index contributed by atoms with van der Waals surface area (Å²) in [6.45, 7) is 15.6. The van der Waals surface area contributed by atoms with Crippen LogP contribution in [0, 0.1) is 19.3 Å². The van der Waals surface area contributed by atoms with Gasteiger partial charge in [-0.3, -0.25) is 0 Å². The van der Waals surface area contributed by atoms with E-state index in [1.54, 1.807) is 0 Å². The zero-order valence-corrected chi connectivity index (χ0v) is 26.9. The second-order valence-electron chi connectivity index (χ2n) is 12.9. The first-order valence-electron chi connectivity index (χ1n) is 14.1. The van der Waals surface area contributed by atoms with E-state index in [1.807, 2.05) is 58.9 Å². The van der Waals surface area contributed by atoms with Crippen molar-refractivity contribution in [3.8, 4) is 11.3 Å². The van der Waals surface area contributed by atoms with E-state index in [9.17, 15) is 23.1 Å². The molecule has 232 valence electrons. The number of hydrogen-bond donors (Lipinski definition) is 3. The van der Waals surface area contributed by atoms with Crippen LogP contribution >= 0.6 is 0 Å². The van der Waals surface area contributed by atoms with Gasteiger partial charge in [-0.2, -0.15) is 0 Å². The second kappa shape index (κ2) is 13.1. The van der Waals surface area contributed by atoms with Gasteiger partial charge in [0.15, 0.2) is 0 Å². The van der Waals surface area contributed by atoms with Crippen LogP contribution in [0.2, 0.25) is 0 Å². The Morgan fingerprint density at radius 2 is 1.58 bits per heavy atom. The number of ether oxygens (including phenoxy) is 1. The molecule has 10 nitrogen and oxygen atoms in total. The van der Waals surface area contributed by atoms with Crippen molar-refractivity contribution < 1.29 is 27.9 Å². The molecule has 3 rings (SSSR count). The molecule has 2 aromatic carbocycles. The molecule has 0 aliphatic carbocycles. The Labute approximate surface area is 254 Å². The number of aromatic carboxylic acids is 1. The van der Waals surface area contributed by atoms with Crippen molar-refractivity contribution in [2.24, 2.45) is 5.41 Å². The first kappa shape index (κ1) is 33.5. The lowest BCUT2D eigenvalue weighted by Gasteiger charge is -2.28. The average Bonchev–Trinajstić information content (AvgIpc) is 2.85. The number of nitrogens with one attached hydrogen (secondary N) is 2. The molecule has 3 N–H and O–H groups in total. The zero-order chi connectivity index (χ0) is 32.2. The molecule has 1 unspecified atom stereocenters. The minimum absolute atomic E-state index is 0.0833. The summed E-state index contributed by atoms with van der Waals surface area (Å²) in [6.07, 6.45) is 1.12. The number of rotatable bonds is 10. The lowest BCUT2D eigenvalue weighted by Crippen LogP contribution is -2.41. The highest BCUT2D eigenvalue weighted by Crippen LogP contribution is 2.29. The standard InChI is InChI=1S/C32H42N4O6S/c1-20-11-9-12-21(2)27(20)26-18-23(15-16-24(19-31(3,4)5)34-30(39)42-32(6,7)8)33-29(35-26)36-43(40,41)25-14-10-13-22(17-25)28(37)38/h9-14,17-18,24H,15-16,19H2,1-8H3,(H,34,39)(H,37,38)(H,33,35,36). The summed E-state index contributed by atoms with van der Waals surface area (Å²) in [5.74, 6) is -1.37. The van der Waals surface area contributed by atoms with Crippen molar-refractivity contribution in [1.82, 2.24) is 15.3 Å². The van der Waals surface area contributed by atoms with E-state index >= 15 is 0 Å². The van der Waals surface area contributed by atoms with Gasteiger partial charge in [-0.05, 0) is 94.7 Å². The monoisotopic (exact) mass is 610 g/mol. The summed E-state index contributed by atoms with van der Waals surface area (Å²) in [5, 5.41) is 12.3. The van der Waals surface area contributed by atoms with Crippen molar-refractivity contribution in [2.75, 3.05) is 4.72 Å². The van der Waals surface area contributed by atoms with Crippen LogP contribution in [0.3, 0.4) is 0 Å². The van der Waals surface area contributed by atoms with Gasteiger partial charge in [0.2, 0.25) is 5.95 Å². The number of aryl methyl sites for hydroxylation is 3. The molecular weight excluding hydrogens is 568 g/mol. The Bertz CT molecular complexity index is 1570. The molecule has 43 heavy (non-hydrogen) atoms. The van der Waals surface area contributed by atoms with E-state index in [4.69, 9.17) is 4.74 Å². The predicted octanol–water partition coefficient (Wildman–Crippen LogP) is 6.52. The number of hydrogen-bond acceptors (Lipinski definition) is 7. The van der Waals surface area contributed by atoms with Gasteiger partial charge < -0.3 is 15.2 Å². The van der Waals surface area contributed by atoms with E-state index in [1.165, 1.54) is 18.2 Å². The van der Waals surface area contributed by atoms with Crippen molar-refractivity contribution in [1.29, 1.82) is 0 Å².